The van der Waals surface area contributed by atoms with Gasteiger partial charge in [-0.1, -0.05) is 27.7 Å². The van der Waals surface area contributed by atoms with Crippen molar-refractivity contribution in [2.75, 3.05) is 12.9 Å². The zero-order valence-electron chi connectivity index (χ0n) is 12.1. The van der Waals surface area contributed by atoms with E-state index >= 15 is 0 Å². The van der Waals surface area contributed by atoms with Crippen LogP contribution in [-0.2, 0) is 6.54 Å². The predicted octanol–water partition coefficient (Wildman–Crippen LogP) is 2.83. The first kappa shape index (κ1) is 15.4. The third-order valence-corrected chi connectivity index (χ3v) is 3.94. The van der Waals surface area contributed by atoms with Crippen LogP contribution < -0.4 is 10.5 Å². The third kappa shape index (κ3) is 4.21. The molecular weight excluding hydrogens is 246 g/mol. The van der Waals surface area contributed by atoms with Gasteiger partial charge < -0.3 is 10.5 Å². The Morgan fingerprint density at radius 3 is 2.67 bits per heavy atom. The monoisotopic (exact) mass is 271 g/mol. The second kappa shape index (κ2) is 6.48. The molecule has 1 aromatic rings. The molecule has 0 aliphatic rings. The lowest BCUT2D eigenvalue weighted by Gasteiger charge is -2.21. The Hall–Kier alpha value is -0.680. The molecule has 1 unspecified atom stereocenters. The maximum absolute atomic E-state index is 6.29. The summed E-state index contributed by atoms with van der Waals surface area (Å²) in [5.74, 6) is 1.67. The Kier molecular flexibility index (Phi) is 5.53. The molecule has 1 rings (SSSR count). The highest BCUT2D eigenvalue weighted by atomic mass is 32.2. The summed E-state index contributed by atoms with van der Waals surface area (Å²) in [4.78, 5) is 0. The molecule has 0 fully saturated rings. The minimum absolute atomic E-state index is 0.0433. The van der Waals surface area contributed by atoms with E-state index in [9.17, 15) is 0 Å². The number of ether oxygens (including phenoxy) is 1. The van der Waals surface area contributed by atoms with Crippen LogP contribution in [-0.4, -0.2) is 27.4 Å². The van der Waals surface area contributed by atoms with Crippen LogP contribution in [0, 0.1) is 0 Å². The summed E-state index contributed by atoms with van der Waals surface area (Å²) in [6.45, 7) is 9.61. The Balaban J connectivity index is 2.82. The molecule has 0 saturated heterocycles. The van der Waals surface area contributed by atoms with Crippen molar-refractivity contribution in [3.63, 3.8) is 0 Å². The largest absolute Gasteiger partial charge is 0.493 e. The summed E-state index contributed by atoms with van der Waals surface area (Å²) >= 11 is 1.86. The molecular formula is C13H25N3OS. The Morgan fingerprint density at radius 1 is 1.50 bits per heavy atom. The van der Waals surface area contributed by atoms with Crippen LogP contribution in [0.2, 0.25) is 0 Å². The molecule has 1 heterocycles. The minimum atomic E-state index is -0.0433. The molecule has 5 heteroatoms. The zero-order chi connectivity index (χ0) is 13.8. The fourth-order valence-corrected chi connectivity index (χ4v) is 2.56. The van der Waals surface area contributed by atoms with Crippen LogP contribution >= 0.6 is 11.8 Å². The van der Waals surface area contributed by atoms with Crippen molar-refractivity contribution in [3.05, 3.63) is 11.9 Å². The molecule has 0 radical (unpaired) electrons. The van der Waals surface area contributed by atoms with Gasteiger partial charge >= 0.3 is 0 Å². The molecule has 0 aromatic carbocycles. The number of methoxy groups -OCH3 is 1. The van der Waals surface area contributed by atoms with Crippen molar-refractivity contribution in [1.82, 2.24) is 9.78 Å². The Morgan fingerprint density at radius 2 is 2.17 bits per heavy atom. The SMILES string of the molecule is CCCn1ncc(OC)c1C(N)CSC(C)(C)C. The predicted molar refractivity (Wildman–Crippen MR) is 78.2 cm³/mol. The smallest absolute Gasteiger partial charge is 0.161 e. The summed E-state index contributed by atoms with van der Waals surface area (Å²) in [5.41, 5.74) is 7.30. The molecule has 104 valence electrons. The van der Waals surface area contributed by atoms with Crippen molar-refractivity contribution in [2.24, 2.45) is 5.73 Å². The molecule has 0 amide bonds. The molecule has 0 bridgehead atoms. The van der Waals surface area contributed by atoms with Gasteiger partial charge in [-0.15, -0.1) is 0 Å². The molecule has 2 N–H and O–H groups in total. The van der Waals surface area contributed by atoms with Gasteiger partial charge in [0.15, 0.2) is 5.75 Å². The summed E-state index contributed by atoms with van der Waals surface area (Å²) in [6, 6.07) is -0.0433. The van der Waals surface area contributed by atoms with Crippen molar-refractivity contribution < 1.29 is 4.74 Å². The summed E-state index contributed by atoms with van der Waals surface area (Å²) in [6.07, 6.45) is 2.80. The second-order valence-electron chi connectivity index (χ2n) is 5.35. The Bertz CT molecular complexity index is 371. The topological polar surface area (TPSA) is 53.1 Å². The van der Waals surface area contributed by atoms with Gasteiger partial charge in [0.1, 0.15) is 0 Å². The minimum Gasteiger partial charge on any atom is -0.493 e. The first-order valence-corrected chi connectivity index (χ1v) is 7.36. The van der Waals surface area contributed by atoms with Gasteiger partial charge in [0.25, 0.3) is 0 Å². The maximum atomic E-state index is 6.29. The van der Waals surface area contributed by atoms with Crippen LogP contribution in [0.3, 0.4) is 0 Å². The zero-order valence-corrected chi connectivity index (χ0v) is 12.9. The van der Waals surface area contributed by atoms with E-state index in [1.807, 2.05) is 16.4 Å². The average molecular weight is 271 g/mol. The van der Waals surface area contributed by atoms with E-state index in [2.05, 4.69) is 32.8 Å². The molecule has 0 saturated carbocycles. The molecule has 18 heavy (non-hydrogen) atoms. The van der Waals surface area contributed by atoms with E-state index in [-0.39, 0.29) is 10.8 Å². The Labute approximate surface area is 114 Å². The number of thioether (sulfide) groups is 1. The maximum Gasteiger partial charge on any atom is 0.161 e. The molecule has 0 aliphatic heterocycles. The van der Waals surface area contributed by atoms with E-state index in [1.54, 1.807) is 13.3 Å². The van der Waals surface area contributed by atoms with E-state index in [4.69, 9.17) is 10.5 Å². The van der Waals surface area contributed by atoms with Gasteiger partial charge in [-0.3, -0.25) is 4.68 Å². The lowest BCUT2D eigenvalue weighted by atomic mass is 10.2. The first-order chi connectivity index (χ1) is 8.39. The van der Waals surface area contributed by atoms with Gasteiger partial charge in [-0.25, -0.2) is 0 Å². The van der Waals surface area contributed by atoms with Crippen LogP contribution in [0.15, 0.2) is 6.20 Å². The number of aryl methyl sites for hydroxylation is 1. The molecule has 0 aliphatic carbocycles. The number of rotatable bonds is 6. The van der Waals surface area contributed by atoms with Crippen molar-refractivity contribution in [1.29, 1.82) is 0 Å². The van der Waals surface area contributed by atoms with Gasteiger partial charge in [0.05, 0.1) is 25.0 Å². The van der Waals surface area contributed by atoms with Crippen LogP contribution in [0.1, 0.15) is 45.9 Å². The molecule has 4 nitrogen and oxygen atoms in total. The van der Waals surface area contributed by atoms with Gasteiger partial charge in [-0.2, -0.15) is 16.9 Å². The number of nitrogens with zero attached hydrogens (tertiary/aromatic N) is 2. The number of nitrogens with two attached hydrogens (primary N) is 1. The highest BCUT2D eigenvalue weighted by Gasteiger charge is 2.21. The third-order valence-electron chi connectivity index (χ3n) is 2.55. The number of aromatic nitrogens is 2. The van der Waals surface area contributed by atoms with Crippen molar-refractivity contribution in [2.45, 2.75) is 51.4 Å². The van der Waals surface area contributed by atoms with Crippen molar-refractivity contribution >= 4 is 11.8 Å². The summed E-state index contributed by atoms with van der Waals surface area (Å²) in [5, 5.41) is 4.34. The van der Waals surface area contributed by atoms with Crippen LogP contribution in [0.5, 0.6) is 5.75 Å². The normalized spacial score (nSPS) is 13.7. The average Bonchev–Trinajstić information content (AvgIpc) is 2.68. The summed E-state index contributed by atoms with van der Waals surface area (Å²) in [7, 11) is 1.67. The van der Waals surface area contributed by atoms with E-state index < -0.39 is 0 Å². The number of hydrogen-bond acceptors (Lipinski definition) is 4. The van der Waals surface area contributed by atoms with Gasteiger partial charge in [0, 0.05) is 17.0 Å². The lowest BCUT2D eigenvalue weighted by molar-refractivity contribution is 0.402. The van der Waals surface area contributed by atoms with Gasteiger partial charge in [0.2, 0.25) is 0 Å². The van der Waals surface area contributed by atoms with E-state index in [0.29, 0.717) is 0 Å². The van der Waals surface area contributed by atoms with E-state index in [0.717, 1.165) is 30.2 Å². The lowest BCUT2D eigenvalue weighted by Crippen LogP contribution is -2.22. The first-order valence-electron chi connectivity index (χ1n) is 6.38. The fraction of sp³-hybridized carbons (Fsp3) is 0.769. The molecule has 0 spiro atoms. The second-order valence-corrected chi connectivity index (χ2v) is 7.20. The van der Waals surface area contributed by atoms with Crippen LogP contribution in [0.4, 0.5) is 0 Å². The molecule has 1 aromatic heterocycles. The fourth-order valence-electron chi connectivity index (χ4n) is 1.72. The highest BCUT2D eigenvalue weighted by Crippen LogP contribution is 2.31. The highest BCUT2D eigenvalue weighted by molar-refractivity contribution is 8.00. The van der Waals surface area contributed by atoms with Gasteiger partial charge in [-0.05, 0) is 6.42 Å². The number of hydrogen-bond donors (Lipinski definition) is 1. The van der Waals surface area contributed by atoms with E-state index in [1.165, 1.54) is 0 Å². The van der Waals surface area contributed by atoms with Crippen molar-refractivity contribution in [3.8, 4) is 5.75 Å². The van der Waals surface area contributed by atoms with Crippen LogP contribution in [0.25, 0.3) is 0 Å². The quantitative estimate of drug-likeness (QED) is 0.864. The summed E-state index contributed by atoms with van der Waals surface area (Å²) < 4.78 is 7.54. The standard InChI is InChI=1S/C13H25N3OS/c1-6-7-16-12(11(17-5)8-15-16)10(14)9-18-13(2,3)4/h8,10H,6-7,9,14H2,1-5H3. The molecule has 1 atom stereocenters.